The third kappa shape index (κ3) is 5.06. The van der Waals surface area contributed by atoms with Gasteiger partial charge in [0.2, 0.25) is 5.95 Å². The average Bonchev–Trinajstić information content (AvgIpc) is 2.84. The van der Waals surface area contributed by atoms with E-state index in [9.17, 15) is 4.79 Å². The van der Waals surface area contributed by atoms with E-state index in [1.165, 1.54) is 39.2 Å². The van der Waals surface area contributed by atoms with Crippen LogP contribution in [0.25, 0.3) is 0 Å². The molecule has 0 unspecified atom stereocenters. The Hall–Kier alpha value is -1.40. The summed E-state index contributed by atoms with van der Waals surface area (Å²) in [5.74, 6) is 1.28. The van der Waals surface area contributed by atoms with Crippen molar-refractivity contribution in [1.82, 2.24) is 14.9 Å². The molecule has 0 bridgehead atoms. The van der Waals surface area contributed by atoms with E-state index in [1.54, 1.807) is 0 Å². The highest BCUT2D eigenvalue weighted by molar-refractivity contribution is 6.30. The van der Waals surface area contributed by atoms with Gasteiger partial charge in [0.1, 0.15) is 5.15 Å². The first kappa shape index (κ1) is 23.7. The smallest absolute Gasteiger partial charge is 0.308 e. The number of aromatic nitrogens is 2. The molecule has 2 aliphatic carbocycles. The molecule has 2 fully saturated rings. The van der Waals surface area contributed by atoms with Crippen LogP contribution in [-0.2, 0) is 22.5 Å². The van der Waals surface area contributed by atoms with Crippen molar-refractivity contribution >= 4 is 23.5 Å². The molecule has 0 N–H and O–H groups in total. The molecular formula is C25H39ClN4O2. The average molecular weight is 463 g/mol. The minimum absolute atomic E-state index is 0.0561. The fourth-order valence-electron chi connectivity index (χ4n) is 6.28. The normalized spacial score (nSPS) is 25.8. The Bertz CT molecular complexity index is 790. The lowest BCUT2D eigenvalue weighted by Crippen LogP contribution is -2.42. The number of ether oxygens (including phenoxy) is 1. The van der Waals surface area contributed by atoms with Crippen LogP contribution in [0.3, 0.4) is 0 Å². The predicted octanol–water partition coefficient (Wildman–Crippen LogP) is 5.02. The summed E-state index contributed by atoms with van der Waals surface area (Å²) in [5, 5.41) is 0.626. The Balaban J connectivity index is 1.44. The van der Waals surface area contributed by atoms with Crippen LogP contribution < -0.4 is 4.90 Å². The van der Waals surface area contributed by atoms with Gasteiger partial charge in [-0.3, -0.25) is 9.69 Å². The summed E-state index contributed by atoms with van der Waals surface area (Å²) >= 11 is 6.74. The van der Waals surface area contributed by atoms with Crippen LogP contribution in [0.5, 0.6) is 0 Å². The number of hydrogen-bond acceptors (Lipinski definition) is 6. The number of fused-ring (bicyclic) bond motifs is 1. The van der Waals surface area contributed by atoms with Crippen molar-refractivity contribution < 1.29 is 9.53 Å². The van der Waals surface area contributed by atoms with E-state index in [2.05, 4.69) is 23.8 Å². The SMILES string of the molecule is CC[C@H](C1CCC(C(=O)OC)CC1)N(C)c1nc(Cl)c2c(n1)CCN(C1CCCCC1)C2. The maximum atomic E-state index is 11.9. The Labute approximate surface area is 198 Å². The van der Waals surface area contributed by atoms with Crippen LogP contribution in [0.2, 0.25) is 5.15 Å². The van der Waals surface area contributed by atoms with Crippen LogP contribution in [0.15, 0.2) is 0 Å². The molecule has 0 spiro atoms. The molecule has 3 aliphatic rings. The first-order valence-electron chi connectivity index (χ1n) is 12.6. The van der Waals surface area contributed by atoms with E-state index in [0.717, 1.165) is 68.8 Å². The largest absolute Gasteiger partial charge is 0.469 e. The zero-order valence-corrected chi connectivity index (χ0v) is 20.7. The van der Waals surface area contributed by atoms with Gasteiger partial charge >= 0.3 is 5.97 Å². The molecule has 1 aromatic rings. The molecule has 0 saturated heterocycles. The Kier molecular flexibility index (Phi) is 7.93. The van der Waals surface area contributed by atoms with Crippen molar-refractivity contribution in [2.24, 2.45) is 11.8 Å². The van der Waals surface area contributed by atoms with Gasteiger partial charge in [-0.05, 0) is 50.9 Å². The fraction of sp³-hybridized carbons (Fsp3) is 0.800. The van der Waals surface area contributed by atoms with E-state index >= 15 is 0 Å². The number of nitrogens with zero attached hydrogens (tertiary/aromatic N) is 4. The number of esters is 1. The number of anilines is 1. The molecule has 2 saturated carbocycles. The van der Waals surface area contributed by atoms with E-state index in [4.69, 9.17) is 26.3 Å². The van der Waals surface area contributed by atoms with E-state index in [0.29, 0.717) is 23.2 Å². The third-order valence-corrected chi connectivity index (χ3v) is 8.51. The van der Waals surface area contributed by atoms with E-state index in [-0.39, 0.29) is 11.9 Å². The highest BCUT2D eigenvalue weighted by atomic mass is 35.5. The van der Waals surface area contributed by atoms with Gasteiger partial charge in [0.05, 0.1) is 18.7 Å². The second-order valence-electron chi connectivity index (χ2n) is 9.97. The molecule has 32 heavy (non-hydrogen) atoms. The first-order valence-corrected chi connectivity index (χ1v) is 13.0. The van der Waals surface area contributed by atoms with Gasteiger partial charge in [0, 0.05) is 44.2 Å². The zero-order valence-electron chi connectivity index (χ0n) is 20.0. The van der Waals surface area contributed by atoms with Gasteiger partial charge in [-0.25, -0.2) is 9.97 Å². The lowest BCUT2D eigenvalue weighted by molar-refractivity contribution is -0.146. The van der Waals surface area contributed by atoms with Gasteiger partial charge in [-0.15, -0.1) is 0 Å². The molecule has 1 aliphatic heterocycles. The second kappa shape index (κ2) is 10.7. The molecule has 1 aromatic heterocycles. The minimum atomic E-state index is -0.0584. The van der Waals surface area contributed by atoms with Gasteiger partial charge in [-0.2, -0.15) is 0 Å². The topological polar surface area (TPSA) is 58.6 Å². The first-order chi connectivity index (χ1) is 15.5. The quantitative estimate of drug-likeness (QED) is 0.437. The summed E-state index contributed by atoms with van der Waals surface area (Å²) in [6, 6.07) is 1.05. The summed E-state index contributed by atoms with van der Waals surface area (Å²) in [7, 11) is 3.60. The highest BCUT2D eigenvalue weighted by Gasteiger charge is 2.34. The van der Waals surface area contributed by atoms with Crippen molar-refractivity contribution in [3.8, 4) is 0 Å². The van der Waals surface area contributed by atoms with Gasteiger partial charge in [-0.1, -0.05) is 37.8 Å². The van der Waals surface area contributed by atoms with Gasteiger partial charge < -0.3 is 9.64 Å². The molecule has 0 amide bonds. The van der Waals surface area contributed by atoms with Crippen LogP contribution in [0.4, 0.5) is 5.95 Å². The van der Waals surface area contributed by atoms with Crippen LogP contribution in [0.1, 0.15) is 82.4 Å². The lowest BCUT2D eigenvalue weighted by atomic mass is 9.77. The number of hydrogen-bond donors (Lipinski definition) is 0. The van der Waals surface area contributed by atoms with Crippen molar-refractivity contribution in [3.05, 3.63) is 16.4 Å². The lowest BCUT2D eigenvalue weighted by Gasteiger charge is -2.39. The predicted molar refractivity (Wildman–Crippen MR) is 128 cm³/mol. The van der Waals surface area contributed by atoms with Crippen LogP contribution >= 0.6 is 11.6 Å². The summed E-state index contributed by atoms with van der Waals surface area (Å²) in [5.41, 5.74) is 2.26. The molecule has 0 aromatic carbocycles. The van der Waals surface area contributed by atoms with Gasteiger partial charge in [0.25, 0.3) is 0 Å². The number of methoxy groups -OCH3 is 1. The number of halogens is 1. The summed E-state index contributed by atoms with van der Waals surface area (Å²) in [6.45, 7) is 4.19. The highest BCUT2D eigenvalue weighted by Crippen LogP contribution is 2.36. The van der Waals surface area contributed by atoms with E-state index < -0.39 is 0 Å². The number of carbonyl (C=O) groups is 1. The molecular weight excluding hydrogens is 424 g/mol. The van der Waals surface area contributed by atoms with Crippen molar-refractivity contribution in [2.75, 3.05) is 25.6 Å². The number of carbonyl (C=O) groups excluding carboxylic acids is 1. The Morgan fingerprint density at radius 2 is 1.88 bits per heavy atom. The number of rotatable bonds is 6. The van der Waals surface area contributed by atoms with Crippen LogP contribution in [-0.4, -0.2) is 53.6 Å². The standard InChI is InChI=1S/C25H39ClN4O2/c1-4-22(17-10-12-18(13-11-17)24(31)32-3)29(2)25-27-21-14-15-30(16-20(21)23(26)28-25)19-8-6-5-7-9-19/h17-19,22H,4-16H2,1-3H3/t17?,18?,22-/m1/s1. The molecule has 2 heterocycles. The van der Waals surface area contributed by atoms with Crippen molar-refractivity contribution in [2.45, 2.75) is 96.2 Å². The molecule has 4 rings (SSSR count). The summed E-state index contributed by atoms with van der Waals surface area (Å²) in [6.07, 6.45) is 12.6. The molecule has 178 valence electrons. The Morgan fingerprint density at radius 3 is 2.53 bits per heavy atom. The monoisotopic (exact) mass is 462 g/mol. The van der Waals surface area contributed by atoms with Gasteiger partial charge in [0.15, 0.2) is 0 Å². The zero-order chi connectivity index (χ0) is 22.7. The molecule has 6 nitrogen and oxygen atoms in total. The maximum absolute atomic E-state index is 11.9. The van der Waals surface area contributed by atoms with Crippen molar-refractivity contribution in [1.29, 1.82) is 0 Å². The Morgan fingerprint density at radius 1 is 1.16 bits per heavy atom. The summed E-state index contributed by atoms with van der Waals surface area (Å²) < 4.78 is 4.95. The minimum Gasteiger partial charge on any atom is -0.469 e. The fourth-order valence-corrected chi connectivity index (χ4v) is 6.52. The molecule has 7 heteroatoms. The third-order valence-electron chi connectivity index (χ3n) is 8.20. The maximum Gasteiger partial charge on any atom is 0.308 e. The molecule has 1 atom stereocenters. The van der Waals surface area contributed by atoms with Crippen molar-refractivity contribution in [3.63, 3.8) is 0 Å². The van der Waals surface area contributed by atoms with Crippen LogP contribution in [0, 0.1) is 11.8 Å². The second-order valence-corrected chi connectivity index (χ2v) is 10.3. The summed E-state index contributed by atoms with van der Waals surface area (Å²) in [4.78, 5) is 26.5. The van der Waals surface area contributed by atoms with E-state index in [1.807, 2.05) is 0 Å². The molecule has 0 radical (unpaired) electrons.